The van der Waals surface area contributed by atoms with Gasteiger partial charge < -0.3 is 10.6 Å². The highest BCUT2D eigenvalue weighted by atomic mass is 15.3. The van der Waals surface area contributed by atoms with Crippen LogP contribution in [0.2, 0.25) is 0 Å². The highest BCUT2D eigenvalue weighted by Gasteiger charge is 2.29. The number of aromatic nitrogens is 2. The Morgan fingerprint density at radius 2 is 2.00 bits per heavy atom. The maximum atomic E-state index is 6.22. The summed E-state index contributed by atoms with van der Waals surface area (Å²) in [5, 5.41) is 4.29. The predicted molar refractivity (Wildman–Crippen MR) is 77.9 cm³/mol. The number of likely N-dealkylation sites (tertiary alicyclic amines) is 1. The van der Waals surface area contributed by atoms with Crippen molar-refractivity contribution in [2.45, 2.75) is 37.9 Å². The molecular formula is C14H27N5. The largest absolute Gasteiger partial charge is 0.326 e. The fourth-order valence-electron chi connectivity index (χ4n) is 3.13. The molecule has 108 valence electrons. The minimum Gasteiger partial charge on any atom is -0.326 e. The monoisotopic (exact) mass is 265 g/mol. The summed E-state index contributed by atoms with van der Waals surface area (Å²) in [7, 11) is 6.36. The van der Waals surface area contributed by atoms with E-state index in [4.69, 9.17) is 5.73 Å². The lowest BCUT2D eigenvalue weighted by Crippen LogP contribution is -2.47. The highest BCUT2D eigenvalue weighted by Crippen LogP contribution is 2.27. The second kappa shape index (κ2) is 6.03. The van der Waals surface area contributed by atoms with Crippen molar-refractivity contribution in [1.29, 1.82) is 0 Å². The molecule has 5 heteroatoms. The van der Waals surface area contributed by atoms with Crippen LogP contribution in [0.1, 0.15) is 31.4 Å². The number of nitrogens with zero attached hydrogens (tertiary/aromatic N) is 4. The molecule has 0 bridgehead atoms. The molecule has 1 aromatic heterocycles. The molecular weight excluding hydrogens is 238 g/mol. The molecule has 5 nitrogen and oxygen atoms in total. The number of likely N-dealkylation sites (N-methyl/N-ethyl adjacent to an activating group) is 1. The summed E-state index contributed by atoms with van der Waals surface area (Å²) in [5.74, 6) is 0. The Morgan fingerprint density at radius 3 is 2.47 bits per heavy atom. The summed E-state index contributed by atoms with van der Waals surface area (Å²) >= 11 is 0. The summed E-state index contributed by atoms with van der Waals surface area (Å²) < 4.78 is 1.85. The molecule has 1 aromatic rings. The van der Waals surface area contributed by atoms with Crippen LogP contribution in [0.5, 0.6) is 0 Å². The van der Waals surface area contributed by atoms with Crippen LogP contribution >= 0.6 is 0 Å². The first kappa shape index (κ1) is 14.5. The molecule has 0 aromatic carbocycles. The van der Waals surface area contributed by atoms with E-state index in [0.29, 0.717) is 6.04 Å². The number of rotatable bonds is 4. The summed E-state index contributed by atoms with van der Waals surface area (Å²) in [4.78, 5) is 4.85. The molecule has 0 spiro atoms. The molecule has 1 fully saturated rings. The van der Waals surface area contributed by atoms with Crippen LogP contribution in [0.3, 0.4) is 0 Å². The van der Waals surface area contributed by atoms with Crippen molar-refractivity contribution in [2.75, 3.05) is 27.2 Å². The Morgan fingerprint density at radius 1 is 1.37 bits per heavy atom. The SMILES string of the molecule is CC(N)C(c1cnn(C)c1)N(C)C1CCN(C)CC1. The number of hydrogen-bond donors (Lipinski definition) is 1. The van der Waals surface area contributed by atoms with Gasteiger partial charge in [0.1, 0.15) is 0 Å². The first-order valence-electron chi connectivity index (χ1n) is 7.13. The van der Waals surface area contributed by atoms with Gasteiger partial charge in [-0.25, -0.2) is 0 Å². The van der Waals surface area contributed by atoms with Gasteiger partial charge in [0.2, 0.25) is 0 Å². The lowest BCUT2D eigenvalue weighted by Gasteiger charge is -2.40. The van der Waals surface area contributed by atoms with Crippen LogP contribution in [0.4, 0.5) is 0 Å². The number of piperidine rings is 1. The standard InChI is InChI=1S/C14H27N5/c1-11(15)14(12-9-16-18(3)10-12)19(4)13-5-7-17(2)8-6-13/h9-11,13-14H,5-8,15H2,1-4H3. The lowest BCUT2D eigenvalue weighted by atomic mass is 9.97. The van der Waals surface area contributed by atoms with E-state index in [1.54, 1.807) is 0 Å². The van der Waals surface area contributed by atoms with Gasteiger partial charge in [-0.1, -0.05) is 0 Å². The molecule has 0 radical (unpaired) electrons. The Kier molecular flexibility index (Phi) is 4.60. The van der Waals surface area contributed by atoms with Crippen LogP contribution in [0.15, 0.2) is 12.4 Å². The zero-order chi connectivity index (χ0) is 14.0. The van der Waals surface area contributed by atoms with E-state index in [-0.39, 0.29) is 12.1 Å². The van der Waals surface area contributed by atoms with Crippen molar-refractivity contribution in [2.24, 2.45) is 12.8 Å². The van der Waals surface area contributed by atoms with Crippen molar-refractivity contribution in [3.8, 4) is 0 Å². The van der Waals surface area contributed by atoms with Gasteiger partial charge in [0, 0.05) is 30.9 Å². The molecule has 1 aliphatic heterocycles. The second-order valence-electron chi connectivity index (χ2n) is 5.95. The molecule has 0 aliphatic carbocycles. The van der Waals surface area contributed by atoms with E-state index >= 15 is 0 Å². The van der Waals surface area contributed by atoms with Gasteiger partial charge in [0.25, 0.3) is 0 Å². The molecule has 2 atom stereocenters. The van der Waals surface area contributed by atoms with Crippen LogP contribution in [0.25, 0.3) is 0 Å². The maximum absolute atomic E-state index is 6.22. The molecule has 0 amide bonds. The zero-order valence-electron chi connectivity index (χ0n) is 12.6. The fraction of sp³-hybridized carbons (Fsp3) is 0.786. The average molecular weight is 265 g/mol. The van der Waals surface area contributed by atoms with Gasteiger partial charge in [-0.2, -0.15) is 5.10 Å². The zero-order valence-corrected chi connectivity index (χ0v) is 12.6. The smallest absolute Gasteiger partial charge is 0.0538 e. The minimum absolute atomic E-state index is 0.105. The van der Waals surface area contributed by atoms with Crippen molar-refractivity contribution in [3.63, 3.8) is 0 Å². The first-order valence-corrected chi connectivity index (χ1v) is 7.13. The first-order chi connectivity index (χ1) is 8.99. The van der Waals surface area contributed by atoms with Crippen molar-refractivity contribution in [1.82, 2.24) is 19.6 Å². The van der Waals surface area contributed by atoms with Gasteiger partial charge in [0.15, 0.2) is 0 Å². The molecule has 2 heterocycles. The van der Waals surface area contributed by atoms with Crippen LogP contribution in [-0.2, 0) is 7.05 Å². The average Bonchev–Trinajstić information content (AvgIpc) is 2.76. The Bertz CT molecular complexity index is 392. The Labute approximate surface area is 116 Å². The van der Waals surface area contributed by atoms with Gasteiger partial charge in [0.05, 0.1) is 12.2 Å². The predicted octanol–water partition coefficient (Wildman–Crippen LogP) is 0.834. The van der Waals surface area contributed by atoms with Gasteiger partial charge >= 0.3 is 0 Å². The van der Waals surface area contributed by atoms with Crippen molar-refractivity contribution >= 4 is 0 Å². The highest BCUT2D eigenvalue weighted by molar-refractivity contribution is 5.13. The molecule has 2 rings (SSSR count). The van der Waals surface area contributed by atoms with E-state index < -0.39 is 0 Å². The van der Waals surface area contributed by atoms with Gasteiger partial charge in [-0.3, -0.25) is 9.58 Å². The third-order valence-electron chi connectivity index (χ3n) is 4.27. The summed E-state index contributed by atoms with van der Waals surface area (Å²) in [6.07, 6.45) is 6.46. The fourth-order valence-corrected chi connectivity index (χ4v) is 3.13. The van der Waals surface area contributed by atoms with Gasteiger partial charge in [-0.15, -0.1) is 0 Å². The van der Waals surface area contributed by atoms with Crippen LogP contribution < -0.4 is 5.73 Å². The normalized spacial score (nSPS) is 21.8. The quantitative estimate of drug-likeness (QED) is 0.876. The second-order valence-corrected chi connectivity index (χ2v) is 5.95. The van der Waals surface area contributed by atoms with E-state index in [2.05, 4.69) is 42.1 Å². The molecule has 1 aliphatic rings. The molecule has 2 N–H and O–H groups in total. The molecule has 2 unspecified atom stereocenters. The number of aryl methyl sites for hydroxylation is 1. The van der Waals surface area contributed by atoms with E-state index in [9.17, 15) is 0 Å². The Hall–Kier alpha value is -0.910. The van der Waals surface area contributed by atoms with Crippen molar-refractivity contribution in [3.05, 3.63) is 18.0 Å². The summed E-state index contributed by atoms with van der Waals surface area (Å²) in [5.41, 5.74) is 7.44. The summed E-state index contributed by atoms with van der Waals surface area (Å²) in [6, 6.07) is 0.975. The number of nitrogens with two attached hydrogens (primary N) is 1. The van der Waals surface area contributed by atoms with Crippen LogP contribution in [0, 0.1) is 0 Å². The number of hydrogen-bond acceptors (Lipinski definition) is 4. The van der Waals surface area contributed by atoms with Crippen molar-refractivity contribution < 1.29 is 0 Å². The van der Waals surface area contributed by atoms with Gasteiger partial charge in [-0.05, 0) is 47.0 Å². The molecule has 1 saturated heterocycles. The molecule has 0 saturated carbocycles. The van der Waals surface area contributed by atoms with E-state index in [0.717, 1.165) is 0 Å². The minimum atomic E-state index is 0.105. The molecule has 19 heavy (non-hydrogen) atoms. The lowest BCUT2D eigenvalue weighted by molar-refractivity contribution is 0.0969. The third kappa shape index (κ3) is 3.35. The topological polar surface area (TPSA) is 50.3 Å². The third-order valence-corrected chi connectivity index (χ3v) is 4.27. The maximum Gasteiger partial charge on any atom is 0.0538 e. The summed E-state index contributed by atoms with van der Waals surface area (Å²) in [6.45, 7) is 4.44. The van der Waals surface area contributed by atoms with E-state index in [1.807, 2.05) is 17.9 Å². The Balaban J connectivity index is 2.10. The van der Waals surface area contributed by atoms with E-state index in [1.165, 1.54) is 31.5 Å². The van der Waals surface area contributed by atoms with Crippen LogP contribution in [-0.4, -0.2) is 58.8 Å².